The summed E-state index contributed by atoms with van der Waals surface area (Å²) in [6.45, 7) is 4.70. The average Bonchev–Trinajstić information content (AvgIpc) is 2.59. The van der Waals surface area contributed by atoms with E-state index in [1.165, 1.54) is 10.6 Å². The summed E-state index contributed by atoms with van der Waals surface area (Å²) in [6.07, 6.45) is 3.22. The molecule has 0 saturated carbocycles. The van der Waals surface area contributed by atoms with Crippen LogP contribution in [0.15, 0.2) is 18.2 Å². The molecule has 27 heavy (non-hydrogen) atoms. The summed E-state index contributed by atoms with van der Waals surface area (Å²) in [5, 5.41) is 3.13. The number of amides is 1. The second kappa shape index (κ2) is 7.31. The van der Waals surface area contributed by atoms with Crippen LogP contribution in [0.25, 0.3) is 0 Å². The highest BCUT2D eigenvalue weighted by molar-refractivity contribution is 7.88. The number of sulfonamides is 1. The minimum atomic E-state index is -3.28. The van der Waals surface area contributed by atoms with Crippen LogP contribution in [0, 0.1) is 5.92 Å². The zero-order chi connectivity index (χ0) is 19.8. The minimum absolute atomic E-state index is 0.104. The Balaban J connectivity index is 1.78. The van der Waals surface area contributed by atoms with Gasteiger partial charge in [-0.25, -0.2) is 12.7 Å². The summed E-state index contributed by atoms with van der Waals surface area (Å²) < 4.78 is 36.4. The van der Waals surface area contributed by atoms with E-state index in [4.69, 9.17) is 9.47 Å². The summed E-state index contributed by atoms with van der Waals surface area (Å²) in [5.41, 5.74) is 0.488. The molecule has 1 amide bonds. The lowest BCUT2D eigenvalue weighted by molar-refractivity contribution is -0.127. The van der Waals surface area contributed by atoms with Crippen molar-refractivity contribution in [2.45, 2.75) is 44.8 Å². The van der Waals surface area contributed by atoms with Crippen LogP contribution in [0.4, 0.5) is 0 Å². The van der Waals surface area contributed by atoms with E-state index < -0.39 is 15.6 Å². The van der Waals surface area contributed by atoms with Crippen molar-refractivity contribution in [3.63, 3.8) is 0 Å². The van der Waals surface area contributed by atoms with Crippen molar-refractivity contribution in [3.8, 4) is 11.5 Å². The summed E-state index contributed by atoms with van der Waals surface area (Å²) in [5.74, 6) is 0.971. The number of nitrogens with zero attached hydrogens (tertiary/aromatic N) is 1. The molecule has 0 unspecified atom stereocenters. The average molecular weight is 397 g/mol. The third-order valence-electron chi connectivity index (χ3n) is 5.22. The molecule has 7 nitrogen and oxygen atoms in total. The van der Waals surface area contributed by atoms with Crippen LogP contribution in [-0.2, 0) is 14.8 Å². The molecule has 1 fully saturated rings. The van der Waals surface area contributed by atoms with Crippen molar-refractivity contribution in [3.05, 3.63) is 23.8 Å². The number of ether oxygens (including phenoxy) is 2. The number of benzene rings is 1. The first kappa shape index (κ1) is 19.9. The van der Waals surface area contributed by atoms with Crippen molar-refractivity contribution in [2.24, 2.45) is 5.92 Å². The molecule has 150 valence electrons. The number of methoxy groups -OCH3 is 1. The van der Waals surface area contributed by atoms with Crippen LogP contribution < -0.4 is 14.8 Å². The fourth-order valence-corrected chi connectivity index (χ4v) is 4.75. The van der Waals surface area contributed by atoms with Gasteiger partial charge in [-0.15, -0.1) is 0 Å². The third-order valence-corrected chi connectivity index (χ3v) is 6.49. The van der Waals surface area contributed by atoms with Crippen molar-refractivity contribution in [1.29, 1.82) is 0 Å². The fourth-order valence-electron chi connectivity index (χ4n) is 3.83. The maximum atomic E-state index is 12.9. The smallest absolute Gasteiger partial charge is 0.224 e. The van der Waals surface area contributed by atoms with E-state index in [0.29, 0.717) is 37.3 Å². The Labute approximate surface area is 161 Å². The van der Waals surface area contributed by atoms with Crippen molar-refractivity contribution in [1.82, 2.24) is 9.62 Å². The quantitative estimate of drug-likeness (QED) is 0.842. The topological polar surface area (TPSA) is 84.9 Å². The lowest BCUT2D eigenvalue weighted by Crippen LogP contribution is -2.47. The molecule has 0 radical (unpaired) electrons. The van der Waals surface area contributed by atoms with Gasteiger partial charge in [0.1, 0.15) is 17.1 Å². The predicted molar refractivity (Wildman–Crippen MR) is 102 cm³/mol. The van der Waals surface area contributed by atoms with E-state index >= 15 is 0 Å². The van der Waals surface area contributed by atoms with E-state index in [1.807, 2.05) is 32.0 Å². The molecular weight excluding hydrogens is 368 g/mol. The highest BCUT2D eigenvalue weighted by Crippen LogP contribution is 2.41. The van der Waals surface area contributed by atoms with Gasteiger partial charge >= 0.3 is 0 Å². The molecule has 1 aromatic carbocycles. The first-order chi connectivity index (χ1) is 12.6. The van der Waals surface area contributed by atoms with Gasteiger partial charge in [0.2, 0.25) is 15.9 Å². The van der Waals surface area contributed by atoms with Crippen molar-refractivity contribution < 1.29 is 22.7 Å². The van der Waals surface area contributed by atoms with E-state index in [-0.39, 0.29) is 24.4 Å². The zero-order valence-electron chi connectivity index (χ0n) is 16.3. The lowest BCUT2D eigenvalue weighted by Gasteiger charge is -2.39. The van der Waals surface area contributed by atoms with Gasteiger partial charge in [0.15, 0.2) is 0 Å². The van der Waals surface area contributed by atoms with Crippen LogP contribution in [0.5, 0.6) is 11.5 Å². The van der Waals surface area contributed by atoms with Gasteiger partial charge in [-0.1, -0.05) is 0 Å². The van der Waals surface area contributed by atoms with E-state index in [1.54, 1.807) is 7.11 Å². The lowest BCUT2D eigenvalue weighted by atomic mass is 9.88. The van der Waals surface area contributed by atoms with Gasteiger partial charge in [0, 0.05) is 31.1 Å². The van der Waals surface area contributed by atoms with Gasteiger partial charge < -0.3 is 14.8 Å². The zero-order valence-corrected chi connectivity index (χ0v) is 17.1. The van der Waals surface area contributed by atoms with Crippen LogP contribution in [0.3, 0.4) is 0 Å². The Morgan fingerprint density at radius 1 is 1.37 bits per heavy atom. The molecule has 0 bridgehead atoms. The number of carbonyl (C=O) groups is 1. The maximum Gasteiger partial charge on any atom is 0.224 e. The molecule has 1 saturated heterocycles. The van der Waals surface area contributed by atoms with Crippen LogP contribution >= 0.6 is 0 Å². The number of nitrogens with one attached hydrogen (secondary N) is 1. The summed E-state index contributed by atoms with van der Waals surface area (Å²) >= 11 is 0. The number of carbonyl (C=O) groups excluding carboxylic acids is 1. The number of piperidine rings is 1. The van der Waals surface area contributed by atoms with Gasteiger partial charge in [0.25, 0.3) is 0 Å². The first-order valence-corrected chi connectivity index (χ1v) is 11.1. The third kappa shape index (κ3) is 4.55. The van der Waals surface area contributed by atoms with E-state index in [0.717, 1.165) is 5.56 Å². The summed E-state index contributed by atoms with van der Waals surface area (Å²) in [7, 11) is -1.68. The first-order valence-electron chi connectivity index (χ1n) is 9.21. The largest absolute Gasteiger partial charge is 0.497 e. The molecule has 8 heteroatoms. The van der Waals surface area contributed by atoms with Gasteiger partial charge in [-0.3, -0.25) is 4.79 Å². The van der Waals surface area contributed by atoms with Gasteiger partial charge in [0.05, 0.1) is 25.3 Å². The molecule has 0 spiro atoms. The molecule has 0 aromatic heterocycles. The number of hydrogen-bond donors (Lipinski definition) is 1. The van der Waals surface area contributed by atoms with E-state index in [2.05, 4.69) is 5.32 Å². The normalized spacial score (nSPS) is 25.2. The molecule has 2 aliphatic heterocycles. The second-order valence-corrected chi connectivity index (χ2v) is 9.97. The Morgan fingerprint density at radius 3 is 2.78 bits per heavy atom. The molecule has 3 rings (SSSR count). The molecule has 0 aliphatic carbocycles. The molecular formula is C19H28N2O5S. The Kier molecular flexibility index (Phi) is 5.40. The van der Waals surface area contributed by atoms with Crippen LogP contribution in [0.2, 0.25) is 0 Å². The number of rotatable bonds is 4. The molecule has 2 atom stereocenters. The molecule has 2 heterocycles. The molecule has 2 aliphatic rings. The van der Waals surface area contributed by atoms with Gasteiger partial charge in [-0.2, -0.15) is 0 Å². The highest BCUT2D eigenvalue weighted by Gasteiger charge is 2.37. The highest BCUT2D eigenvalue weighted by atomic mass is 32.2. The van der Waals surface area contributed by atoms with Crippen LogP contribution in [0.1, 0.15) is 44.7 Å². The Hall–Kier alpha value is -1.80. The number of fused-ring (bicyclic) bond motifs is 1. The maximum absolute atomic E-state index is 12.9. The molecule has 1 aromatic rings. The summed E-state index contributed by atoms with van der Waals surface area (Å²) in [6, 6.07) is 5.42. The Bertz CT molecular complexity index is 821. The summed E-state index contributed by atoms with van der Waals surface area (Å²) in [4.78, 5) is 12.9. The number of hydrogen-bond acceptors (Lipinski definition) is 5. The second-order valence-electron chi connectivity index (χ2n) is 7.99. The monoisotopic (exact) mass is 396 g/mol. The van der Waals surface area contributed by atoms with E-state index in [9.17, 15) is 13.2 Å². The predicted octanol–water partition coefficient (Wildman–Crippen LogP) is 2.09. The van der Waals surface area contributed by atoms with Crippen LogP contribution in [-0.4, -0.2) is 50.7 Å². The Morgan fingerprint density at radius 2 is 2.11 bits per heavy atom. The standard InChI is InChI=1S/C19H28N2O5S/c1-19(2)11-16(15-8-7-14(25-3)10-17(15)26-19)20-18(22)13-6-5-9-21(12-13)27(4,23)24/h7-8,10,13,16H,5-6,9,11-12H2,1-4H3,(H,20,22)/t13-,16+/m1/s1. The minimum Gasteiger partial charge on any atom is -0.497 e. The van der Waals surface area contributed by atoms with Crippen molar-refractivity contribution >= 4 is 15.9 Å². The van der Waals surface area contributed by atoms with Crippen molar-refractivity contribution in [2.75, 3.05) is 26.5 Å². The molecule has 1 N–H and O–H groups in total. The fraction of sp³-hybridized carbons (Fsp3) is 0.632. The SMILES string of the molecule is COc1ccc2c(c1)OC(C)(C)C[C@@H]2NC(=O)[C@@H]1CCCN(S(C)(=O)=O)C1. The van der Waals surface area contributed by atoms with Gasteiger partial charge in [-0.05, 0) is 38.8 Å².